The highest BCUT2D eigenvalue weighted by atomic mass is 35.5. The van der Waals surface area contributed by atoms with Gasteiger partial charge in [0.05, 0.1) is 28.6 Å². The van der Waals surface area contributed by atoms with E-state index in [1.165, 1.54) is 24.7 Å². The van der Waals surface area contributed by atoms with E-state index in [9.17, 15) is 13.2 Å². The number of anilines is 1. The molecule has 0 saturated heterocycles. The van der Waals surface area contributed by atoms with E-state index in [1.54, 1.807) is 6.07 Å². The van der Waals surface area contributed by atoms with Crippen LogP contribution >= 0.6 is 11.6 Å². The molecule has 28 heavy (non-hydrogen) atoms. The van der Waals surface area contributed by atoms with Crippen LogP contribution in [0.15, 0.2) is 42.5 Å². The molecular formula is C21H27ClN2O3S. The molecule has 1 amide bonds. The van der Waals surface area contributed by atoms with E-state index in [0.717, 1.165) is 16.1 Å². The molecule has 1 atom stereocenters. The van der Waals surface area contributed by atoms with Crippen molar-refractivity contribution < 1.29 is 13.2 Å². The van der Waals surface area contributed by atoms with Crippen LogP contribution in [0.4, 0.5) is 5.69 Å². The maximum atomic E-state index is 12.6. The number of amides is 1. The van der Waals surface area contributed by atoms with E-state index in [0.29, 0.717) is 11.3 Å². The third kappa shape index (κ3) is 5.26. The van der Waals surface area contributed by atoms with Crippen LogP contribution in [-0.4, -0.2) is 27.6 Å². The molecule has 0 bridgehead atoms. The van der Waals surface area contributed by atoms with Crippen molar-refractivity contribution in [1.82, 2.24) is 5.32 Å². The van der Waals surface area contributed by atoms with E-state index < -0.39 is 10.0 Å². The monoisotopic (exact) mass is 422 g/mol. The average Bonchev–Trinajstić information content (AvgIpc) is 2.59. The minimum atomic E-state index is -3.40. The summed E-state index contributed by atoms with van der Waals surface area (Å²) in [5.41, 5.74) is 2.98. The zero-order valence-corrected chi connectivity index (χ0v) is 18.6. The maximum Gasteiger partial charge on any atom is 0.253 e. The summed E-state index contributed by atoms with van der Waals surface area (Å²) >= 11 is 6.24. The molecule has 1 N–H and O–H groups in total. The van der Waals surface area contributed by atoms with Crippen molar-refractivity contribution >= 4 is 33.2 Å². The molecule has 2 rings (SSSR count). The first-order chi connectivity index (χ1) is 12.8. The Kier molecular flexibility index (Phi) is 6.46. The fourth-order valence-electron chi connectivity index (χ4n) is 2.71. The van der Waals surface area contributed by atoms with Crippen LogP contribution in [0.3, 0.4) is 0 Å². The third-order valence-corrected chi connectivity index (χ3v) is 6.20. The van der Waals surface area contributed by atoms with Crippen molar-refractivity contribution in [2.24, 2.45) is 0 Å². The van der Waals surface area contributed by atoms with Crippen LogP contribution in [0.5, 0.6) is 0 Å². The summed E-state index contributed by atoms with van der Waals surface area (Å²) in [4.78, 5) is 12.6. The second-order valence-corrected chi connectivity index (χ2v) is 10.4. The van der Waals surface area contributed by atoms with Gasteiger partial charge in [0.15, 0.2) is 0 Å². The van der Waals surface area contributed by atoms with Crippen molar-refractivity contribution in [3.63, 3.8) is 0 Å². The molecule has 5 nitrogen and oxygen atoms in total. The Balaban J connectivity index is 2.16. The van der Waals surface area contributed by atoms with Gasteiger partial charge >= 0.3 is 0 Å². The number of halogens is 1. The third-order valence-electron chi connectivity index (χ3n) is 4.68. The Morgan fingerprint density at radius 3 is 2.14 bits per heavy atom. The summed E-state index contributed by atoms with van der Waals surface area (Å²) in [5.74, 6) is -0.314. The summed E-state index contributed by atoms with van der Waals surface area (Å²) < 4.78 is 24.4. The first kappa shape index (κ1) is 22.2. The van der Waals surface area contributed by atoms with Gasteiger partial charge in [0.25, 0.3) is 5.91 Å². The van der Waals surface area contributed by atoms with Crippen molar-refractivity contribution in [2.45, 2.75) is 39.2 Å². The normalized spacial score (nSPS) is 13.1. The van der Waals surface area contributed by atoms with E-state index in [1.807, 2.05) is 19.1 Å². The standard InChI is InChI=1S/C21H27ClN2O3S/c1-14(15-7-9-16(10-8-15)21(2,3)4)23-20(25)18-12-11-17(13-19(18)22)24(5)28(6,26)27/h7-14H,1-6H3,(H,23,25)/t14-/m0/s1. The molecule has 2 aromatic carbocycles. The Hall–Kier alpha value is -2.05. The maximum absolute atomic E-state index is 12.6. The number of nitrogens with one attached hydrogen (secondary N) is 1. The summed E-state index contributed by atoms with van der Waals surface area (Å²) in [6, 6.07) is 12.5. The average molecular weight is 423 g/mol. The van der Waals surface area contributed by atoms with Gasteiger partial charge in [-0.05, 0) is 41.7 Å². The number of nitrogens with zero attached hydrogens (tertiary/aromatic N) is 1. The summed E-state index contributed by atoms with van der Waals surface area (Å²) in [5, 5.41) is 3.13. The number of benzene rings is 2. The van der Waals surface area contributed by atoms with Gasteiger partial charge in [-0.25, -0.2) is 8.42 Å². The van der Waals surface area contributed by atoms with Crippen LogP contribution in [0.25, 0.3) is 0 Å². The van der Waals surface area contributed by atoms with Gasteiger partial charge in [-0.1, -0.05) is 56.6 Å². The fraction of sp³-hybridized carbons (Fsp3) is 0.381. The highest BCUT2D eigenvalue weighted by molar-refractivity contribution is 7.92. The lowest BCUT2D eigenvalue weighted by molar-refractivity contribution is 0.0940. The number of carbonyl (C=O) groups excluding carboxylic acids is 1. The van der Waals surface area contributed by atoms with Gasteiger partial charge in [0.1, 0.15) is 0 Å². The SMILES string of the molecule is C[C@H](NC(=O)c1ccc(N(C)S(C)(=O)=O)cc1Cl)c1ccc(C(C)(C)C)cc1. The predicted octanol–water partition coefficient (Wildman–Crippen LogP) is 4.52. The molecule has 0 saturated carbocycles. The van der Waals surface area contributed by atoms with Crippen LogP contribution < -0.4 is 9.62 Å². The number of hydrogen-bond acceptors (Lipinski definition) is 3. The van der Waals surface area contributed by atoms with E-state index >= 15 is 0 Å². The molecule has 152 valence electrons. The quantitative estimate of drug-likeness (QED) is 0.770. The fourth-order valence-corrected chi connectivity index (χ4v) is 3.46. The van der Waals surface area contributed by atoms with Gasteiger partial charge in [-0.3, -0.25) is 9.10 Å². The minimum Gasteiger partial charge on any atom is -0.345 e. The minimum absolute atomic E-state index is 0.0689. The molecule has 0 aliphatic rings. The smallest absolute Gasteiger partial charge is 0.253 e. The molecule has 0 unspecified atom stereocenters. The molecule has 0 fully saturated rings. The first-order valence-corrected chi connectivity index (χ1v) is 11.2. The van der Waals surface area contributed by atoms with Gasteiger partial charge in [0, 0.05) is 7.05 Å². The molecule has 0 radical (unpaired) electrons. The Morgan fingerprint density at radius 2 is 1.68 bits per heavy atom. The van der Waals surface area contributed by atoms with Gasteiger partial charge < -0.3 is 5.32 Å². The second kappa shape index (κ2) is 8.13. The van der Waals surface area contributed by atoms with Crippen LogP contribution in [0.2, 0.25) is 5.02 Å². The number of hydrogen-bond donors (Lipinski definition) is 1. The van der Waals surface area contributed by atoms with E-state index in [4.69, 9.17) is 11.6 Å². The van der Waals surface area contributed by atoms with Crippen LogP contribution in [0, 0.1) is 0 Å². The van der Waals surface area contributed by atoms with Crippen molar-refractivity contribution in [1.29, 1.82) is 0 Å². The summed E-state index contributed by atoms with van der Waals surface area (Å²) in [7, 11) is -1.97. The van der Waals surface area contributed by atoms with Crippen molar-refractivity contribution in [3.8, 4) is 0 Å². The van der Waals surface area contributed by atoms with E-state index in [2.05, 4.69) is 38.2 Å². The van der Waals surface area contributed by atoms with Crippen molar-refractivity contribution in [2.75, 3.05) is 17.6 Å². The molecular weight excluding hydrogens is 396 g/mol. The summed E-state index contributed by atoms with van der Waals surface area (Å²) in [6.07, 6.45) is 1.11. The molecule has 7 heteroatoms. The number of rotatable bonds is 5. The second-order valence-electron chi connectivity index (χ2n) is 7.96. The number of carbonyl (C=O) groups is 1. The van der Waals surface area contributed by atoms with Crippen LogP contribution in [-0.2, 0) is 15.4 Å². The molecule has 0 aliphatic carbocycles. The van der Waals surface area contributed by atoms with Crippen LogP contribution in [0.1, 0.15) is 55.2 Å². The lowest BCUT2D eigenvalue weighted by Gasteiger charge is -2.21. The topological polar surface area (TPSA) is 66.5 Å². The molecule has 2 aromatic rings. The molecule has 0 spiro atoms. The van der Waals surface area contributed by atoms with Gasteiger partial charge in [-0.2, -0.15) is 0 Å². The Morgan fingerprint density at radius 1 is 1.11 bits per heavy atom. The van der Waals surface area contributed by atoms with Gasteiger partial charge in [-0.15, -0.1) is 0 Å². The Bertz CT molecular complexity index is 964. The highest BCUT2D eigenvalue weighted by Gasteiger charge is 2.19. The van der Waals surface area contributed by atoms with Gasteiger partial charge in [0.2, 0.25) is 10.0 Å². The van der Waals surface area contributed by atoms with E-state index in [-0.39, 0.29) is 22.4 Å². The molecule has 0 heterocycles. The Labute approximate surface area is 172 Å². The number of sulfonamides is 1. The first-order valence-electron chi connectivity index (χ1n) is 8.95. The largest absolute Gasteiger partial charge is 0.345 e. The lowest BCUT2D eigenvalue weighted by Crippen LogP contribution is -2.27. The summed E-state index contributed by atoms with van der Waals surface area (Å²) in [6.45, 7) is 8.37. The van der Waals surface area contributed by atoms with Crippen molar-refractivity contribution in [3.05, 3.63) is 64.2 Å². The highest BCUT2D eigenvalue weighted by Crippen LogP contribution is 2.26. The zero-order valence-electron chi connectivity index (χ0n) is 17.1. The molecule has 0 aromatic heterocycles. The zero-order chi connectivity index (χ0) is 21.3. The lowest BCUT2D eigenvalue weighted by atomic mass is 9.86. The predicted molar refractivity (Wildman–Crippen MR) is 116 cm³/mol. The molecule has 0 aliphatic heterocycles.